The molecule has 6 nitrogen and oxygen atoms in total. The van der Waals surface area contributed by atoms with Crippen LogP contribution in [0.3, 0.4) is 0 Å². The summed E-state index contributed by atoms with van der Waals surface area (Å²) < 4.78 is 11.2. The van der Waals surface area contributed by atoms with Crippen molar-refractivity contribution in [3.05, 3.63) is 71.4 Å². The maximum atomic E-state index is 12.7. The largest absolute Gasteiger partial charge is 0.459 e. The quantitative estimate of drug-likeness (QED) is 0.726. The number of carbonyl (C=O) groups excluding carboxylic acids is 2. The van der Waals surface area contributed by atoms with Gasteiger partial charge in [0.1, 0.15) is 11.5 Å². The van der Waals surface area contributed by atoms with Gasteiger partial charge in [0.15, 0.2) is 0 Å². The SMILES string of the molecule is CCC1=C(C(=O)OC(C)C)C(c2ccc(Oc3ccccc3)cc2)NC(=O)N1. The summed E-state index contributed by atoms with van der Waals surface area (Å²) in [5, 5.41) is 5.54. The van der Waals surface area contributed by atoms with Gasteiger partial charge in [0.25, 0.3) is 0 Å². The number of ether oxygens (including phenoxy) is 2. The summed E-state index contributed by atoms with van der Waals surface area (Å²) in [6, 6.07) is 15.8. The van der Waals surface area contributed by atoms with Crippen LogP contribution in [0.4, 0.5) is 4.79 Å². The van der Waals surface area contributed by atoms with Crippen LogP contribution in [0, 0.1) is 0 Å². The van der Waals surface area contributed by atoms with Crippen molar-refractivity contribution in [1.82, 2.24) is 10.6 Å². The van der Waals surface area contributed by atoms with Crippen molar-refractivity contribution in [2.45, 2.75) is 39.3 Å². The van der Waals surface area contributed by atoms with Crippen molar-refractivity contribution in [3.63, 3.8) is 0 Å². The fourth-order valence-corrected chi connectivity index (χ4v) is 3.02. The van der Waals surface area contributed by atoms with Gasteiger partial charge in [-0.25, -0.2) is 9.59 Å². The molecule has 1 heterocycles. The van der Waals surface area contributed by atoms with Gasteiger partial charge in [-0.05, 0) is 50.1 Å². The Morgan fingerprint density at radius 3 is 2.29 bits per heavy atom. The Bertz CT molecular complexity index is 873. The average molecular weight is 380 g/mol. The van der Waals surface area contributed by atoms with Crippen molar-refractivity contribution in [3.8, 4) is 11.5 Å². The number of urea groups is 1. The molecule has 0 radical (unpaired) electrons. The molecule has 0 saturated heterocycles. The van der Waals surface area contributed by atoms with Gasteiger partial charge in [0.2, 0.25) is 0 Å². The second-order valence-electron chi connectivity index (χ2n) is 6.72. The monoisotopic (exact) mass is 380 g/mol. The van der Waals surface area contributed by atoms with Gasteiger partial charge in [0, 0.05) is 5.70 Å². The number of para-hydroxylation sites is 1. The Labute approximate surface area is 164 Å². The smallest absolute Gasteiger partial charge is 0.338 e. The number of esters is 1. The zero-order chi connectivity index (χ0) is 20.1. The lowest BCUT2D eigenvalue weighted by atomic mass is 9.94. The molecule has 146 valence electrons. The van der Waals surface area contributed by atoms with E-state index in [0.717, 1.165) is 11.3 Å². The van der Waals surface area contributed by atoms with Crippen LogP contribution in [0.2, 0.25) is 0 Å². The highest BCUT2D eigenvalue weighted by atomic mass is 16.5. The van der Waals surface area contributed by atoms with E-state index in [-0.39, 0.29) is 12.1 Å². The topological polar surface area (TPSA) is 76.7 Å². The van der Waals surface area contributed by atoms with E-state index in [0.29, 0.717) is 23.4 Å². The molecule has 1 unspecified atom stereocenters. The molecular formula is C22H24N2O4. The molecule has 2 amide bonds. The zero-order valence-electron chi connectivity index (χ0n) is 16.2. The molecule has 0 saturated carbocycles. The van der Waals surface area contributed by atoms with Crippen molar-refractivity contribution in [1.29, 1.82) is 0 Å². The second kappa shape index (κ2) is 8.61. The highest BCUT2D eigenvalue weighted by Gasteiger charge is 2.33. The summed E-state index contributed by atoms with van der Waals surface area (Å²) in [6.45, 7) is 5.48. The standard InChI is InChI=1S/C22H24N2O4/c1-4-18-19(21(25)27-14(2)3)20(24-22(26)23-18)15-10-12-17(13-11-15)28-16-8-6-5-7-9-16/h5-14,20H,4H2,1-3H3,(H2,23,24,26). The van der Waals surface area contributed by atoms with Crippen LogP contribution in [-0.4, -0.2) is 18.1 Å². The number of hydrogen-bond donors (Lipinski definition) is 2. The molecule has 0 fully saturated rings. The van der Waals surface area contributed by atoms with Gasteiger partial charge in [-0.15, -0.1) is 0 Å². The molecule has 2 N–H and O–H groups in total. The molecule has 28 heavy (non-hydrogen) atoms. The fourth-order valence-electron chi connectivity index (χ4n) is 3.02. The molecule has 1 aliphatic rings. The molecule has 6 heteroatoms. The Morgan fingerprint density at radius 2 is 1.68 bits per heavy atom. The molecular weight excluding hydrogens is 356 g/mol. The molecule has 2 aromatic rings. The number of carbonyl (C=O) groups is 2. The van der Waals surface area contributed by atoms with Crippen LogP contribution in [-0.2, 0) is 9.53 Å². The van der Waals surface area contributed by atoms with Crippen molar-refractivity contribution >= 4 is 12.0 Å². The minimum absolute atomic E-state index is 0.252. The van der Waals surface area contributed by atoms with Crippen molar-refractivity contribution in [2.75, 3.05) is 0 Å². The maximum Gasteiger partial charge on any atom is 0.338 e. The van der Waals surface area contributed by atoms with Crippen LogP contribution in [0.25, 0.3) is 0 Å². The Morgan fingerprint density at radius 1 is 1.04 bits per heavy atom. The lowest BCUT2D eigenvalue weighted by Crippen LogP contribution is -2.46. The van der Waals surface area contributed by atoms with Crippen LogP contribution >= 0.6 is 0 Å². The lowest BCUT2D eigenvalue weighted by Gasteiger charge is -2.29. The molecule has 1 aliphatic heterocycles. The maximum absolute atomic E-state index is 12.7. The van der Waals surface area contributed by atoms with Crippen LogP contribution in [0.15, 0.2) is 65.9 Å². The van der Waals surface area contributed by atoms with E-state index in [1.54, 1.807) is 13.8 Å². The number of allylic oxidation sites excluding steroid dienone is 1. The van der Waals surface area contributed by atoms with E-state index in [1.807, 2.05) is 61.5 Å². The first-order valence-corrected chi connectivity index (χ1v) is 9.32. The fraction of sp³-hybridized carbons (Fsp3) is 0.273. The summed E-state index contributed by atoms with van der Waals surface area (Å²) in [5.74, 6) is 0.968. The van der Waals surface area contributed by atoms with E-state index in [4.69, 9.17) is 9.47 Å². The van der Waals surface area contributed by atoms with Gasteiger partial charge >= 0.3 is 12.0 Å². The Hall–Kier alpha value is -3.28. The number of nitrogens with one attached hydrogen (secondary N) is 2. The van der Waals surface area contributed by atoms with E-state index < -0.39 is 12.0 Å². The predicted octanol–water partition coefficient (Wildman–Crippen LogP) is 4.45. The summed E-state index contributed by atoms with van der Waals surface area (Å²) in [5.41, 5.74) is 1.77. The summed E-state index contributed by atoms with van der Waals surface area (Å²) in [6.07, 6.45) is 0.264. The minimum atomic E-state index is -0.583. The Kier molecular flexibility index (Phi) is 5.99. The number of rotatable bonds is 6. The molecule has 2 aromatic carbocycles. The van der Waals surface area contributed by atoms with Crippen LogP contribution in [0.5, 0.6) is 11.5 Å². The lowest BCUT2D eigenvalue weighted by molar-refractivity contribution is -0.143. The van der Waals surface area contributed by atoms with E-state index >= 15 is 0 Å². The minimum Gasteiger partial charge on any atom is -0.459 e. The first kappa shape index (κ1) is 19.5. The van der Waals surface area contributed by atoms with E-state index in [1.165, 1.54) is 0 Å². The third kappa shape index (κ3) is 4.52. The van der Waals surface area contributed by atoms with Gasteiger partial charge in [-0.1, -0.05) is 37.3 Å². The normalized spacial score (nSPS) is 16.4. The van der Waals surface area contributed by atoms with Crippen molar-refractivity contribution < 1.29 is 19.1 Å². The van der Waals surface area contributed by atoms with E-state index in [2.05, 4.69) is 10.6 Å². The molecule has 0 bridgehead atoms. The predicted molar refractivity (Wildman–Crippen MR) is 106 cm³/mol. The van der Waals surface area contributed by atoms with Crippen LogP contribution < -0.4 is 15.4 Å². The van der Waals surface area contributed by atoms with Gasteiger partial charge in [-0.3, -0.25) is 0 Å². The number of hydrogen-bond acceptors (Lipinski definition) is 4. The van der Waals surface area contributed by atoms with Gasteiger partial charge in [0.05, 0.1) is 17.7 Å². The average Bonchev–Trinajstić information content (AvgIpc) is 2.68. The number of benzene rings is 2. The first-order valence-electron chi connectivity index (χ1n) is 9.32. The molecule has 0 aromatic heterocycles. The van der Waals surface area contributed by atoms with Gasteiger partial charge in [-0.2, -0.15) is 0 Å². The number of amides is 2. The Balaban J connectivity index is 1.88. The van der Waals surface area contributed by atoms with E-state index in [9.17, 15) is 9.59 Å². The zero-order valence-corrected chi connectivity index (χ0v) is 16.2. The first-order chi connectivity index (χ1) is 13.5. The molecule has 3 rings (SSSR count). The molecule has 0 spiro atoms. The highest BCUT2D eigenvalue weighted by molar-refractivity contribution is 5.95. The second-order valence-corrected chi connectivity index (χ2v) is 6.72. The highest BCUT2D eigenvalue weighted by Crippen LogP contribution is 2.31. The third-order valence-electron chi connectivity index (χ3n) is 4.26. The van der Waals surface area contributed by atoms with Crippen molar-refractivity contribution in [2.24, 2.45) is 0 Å². The third-order valence-corrected chi connectivity index (χ3v) is 4.26. The molecule has 0 aliphatic carbocycles. The summed E-state index contributed by atoms with van der Waals surface area (Å²) in [4.78, 5) is 24.8. The summed E-state index contributed by atoms with van der Waals surface area (Å²) >= 11 is 0. The summed E-state index contributed by atoms with van der Waals surface area (Å²) in [7, 11) is 0. The molecule has 1 atom stereocenters. The van der Waals surface area contributed by atoms with Gasteiger partial charge < -0.3 is 20.1 Å². The van der Waals surface area contributed by atoms with Crippen LogP contribution in [0.1, 0.15) is 38.8 Å².